The van der Waals surface area contributed by atoms with E-state index in [1.165, 1.54) is 11.3 Å². The molecule has 154 valence electrons. The van der Waals surface area contributed by atoms with Gasteiger partial charge in [-0.1, -0.05) is 25.2 Å². The maximum atomic E-state index is 12.6. The second-order valence-corrected chi connectivity index (χ2v) is 8.44. The predicted octanol–water partition coefficient (Wildman–Crippen LogP) is 1.75. The molecule has 0 bridgehead atoms. The van der Waals surface area contributed by atoms with Crippen LogP contribution in [0, 0.1) is 5.92 Å². The van der Waals surface area contributed by atoms with Crippen LogP contribution < -0.4 is 10.2 Å². The number of hydrogen-bond donors (Lipinski definition) is 1. The minimum atomic E-state index is -0.387. The average Bonchev–Trinajstić information content (AvgIpc) is 3.29. The number of aromatic nitrogens is 2. The molecule has 1 aromatic heterocycles. The number of likely N-dealkylation sites (tertiary alicyclic amines) is 1. The lowest BCUT2D eigenvalue weighted by atomic mass is 10.0. The molecular formula is C18H27N5O4S. The van der Waals surface area contributed by atoms with Crippen LogP contribution in [0.3, 0.4) is 0 Å². The van der Waals surface area contributed by atoms with Gasteiger partial charge in [0.1, 0.15) is 5.01 Å². The summed E-state index contributed by atoms with van der Waals surface area (Å²) in [4.78, 5) is 40.0. The zero-order valence-electron chi connectivity index (χ0n) is 16.5. The molecule has 28 heavy (non-hydrogen) atoms. The number of hydrogen-bond acceptors (Lipinski definition) is 7. The van der Waals surface area contributed by atoms with Crippen molar-refractivity contribution in [2.75, 3.05) is 31.1 Å². The average molecular weight is 410 g/mol. The van der Waals surface area contributed by atoms with Gasteiger partial charge in [0, 0.05) is 38.0 Å². The third kappa shape index (κ3) is 4.60. The highest BCUT2D eigenvalue weighted by Crippen LogP contribution is 2.30. The molecule has 1 atom stereocenters. The Bertz CT molecular complexity index is 729. The van der Waals surface area contributed by atoms with Gasteiger partial charge in [0.25, 0.3) is 0 Å². The topological polar surface area (TPSA) is 105 Å². The first-order valence-electron chi connectivity index (χ1n) is 9.74. The van der Waals surface area contributed by atoms with Crippen molar-refractivity contribution in [1.29, 1.82) is 0 Å². The smallest absolute Gasteiger partial charge is 0.409 e. The Morgan fingerprint density at radius 2 is 2.00 bits per heavy atom. The predicted molar refractivity (Wildman–Crippen MR) is 104 cm³/mol. The quantitative estimate of drug-likeness (QED) is 0.794. The largest absolute Gasteiger partial charge is 0.450 e. The molecule has 1 aromatic rings. The second kappa shape index (κ2) is 8.85. The summed E-state index contributed by atoms with van der Waals surface area (Å²) in [5.74, 6) is -0.340. The third-order valence-electron chi connectivity index (χ3n) is 5.02. The van der Waals surface area contributed by atoms with Crippen molar-refractivity contribution in [2.24, 2.45) is 5.92 Å². The van der Waals surface area contributed by atoms with Crippen LogP contribution >= 0.6 is 11.3 Å². The highest BCUT2D eigenvalue weighted by Gasteiger charge is 2.38. The molecule has 1 N–H and O–H groups in total. The number of ether oxygens (including phenoxy) is 1. The molecule has 1 unspecified atom stereocenters. The Morgan fingerprint density at radius 3 is 2.61 bits per heavy atom. The Kier molecular flexibility index (Phi) is 6.48. The van der Waals surface area contributed by atoms with E-state index in [1.54, 1.807) is 16.7 Å². The van der Waals surface area contributed by atoms with Crippen LogP contribution in [0.15, 0.2) is 0 Å². The summed E-state index contributed by atoms with van der Waals surface area (Å²) in [5.41, 5.74) is 0. The lowest BCUT2D eigenvalue weighted by Gasteiger charge is -2.32. The van der Waals surface area contributed by atoms with E-state index in [0.29, 0.717) is 44.2 Å². The van der Waals surface area contributed by atoms with Crippen LogP contribution in [-0.4, -0.2) is 65.3 Å². The second-order valence-electron chi connectivity index (χ2n) is 7.45. The maximum absolute atomic E-state index is 12.6. The number of amides is 3. The molecule has 3 rings (SSSR count). The van der Waals surface area contributed by atoms with Gasteiger partial charge in [0.2, 0.25) is 16.9 Å². The number of carbonyl (C=O) groups is 3. The molecule has 0 saturated carbocycles. The molecular weight excluding hydrogens is 382 g/mol. The summed E-state index contributed by atoms with van der Waals surface area (Å²) < 4.78 is 5.01. The Hall–Kier alpha value is -2.23. The lowest BCUT2D eigenvalue weighted by Crippen LogP contribution is -2.48. The SMILES string of the molecule is CCOC(=O)N1CCC(NC(=O)C2CC(=O)N(c3nnc(C(C)C)s3)C2)CC1. The van der Waals surface area contributed by atoms with Gasteiger partial charge in [-0.05, 0) is 19.8 Å². The first kappa shape index (κ1) is 20.5. The molecule has 2 aliphatic rings. The van der Waals surface area contributed by atoms with Gasteiger partial charge in [-0.3, -0.25) is 14.5 Å². The highest BCUT2D eigenvalue weighted by molar-refractivity contribution is 7.15. The molecule has 2 fully saturated rings. The van der Waals surface area contributed by atoms with Crippen LogP contribution in [0.5, 0.6) is 0 Å². The van der Waals surface area contributed by atoms with Crippen molar-refractivity contribution in [1.82, 2.24) is 20.4 Å². The summed E-state index contributed by atoms with van der Waals surface area (Å²) >= 11 is 1.40. The van der Waals surface area contributed by atoms with Gasteiger partial charge < -0.3 is 15.0 Å². The van der Waals surface area contributed by atoms with Crippen LogP contribution in [0.1, 0.15) is 51.0 Å². The van der Waals surface area contributed by atoms with E-state index in [4.69, 9.17) is 4.74 Å². The number of piperidine rings is 1. The van der Waals surface area contributed by atoms with Crippen LogP contribution in [0.2, 0.25) is 0 Å². The van der Waals surface area contributed by atoms with Gasteiger partial charge in [0.05, 0.1) is 12.5 Å². The van der Waals surface area contributed by atoms with Gasteiger partial charge in [-0.25, -0.2) is 4.79 Å². The molecule has 2 aliphatic heterocycles. The van der Waals surface area contributed by atoms with Crippen LogP contribution in [0.4, 0.5) is 9.93 Å². The van der Waals surface area contributed by atoms with Crippen molar-refractivity contribution in [3.63, 3.8) is 0 Å². The van der Waals surface area contributed by atoms with Crippen molar-refractivity contribution < 1.29 is 19.1 Å². The molecule has 0 aliphatic carbocycles. The molecule has 0 aromatic carbocycles. The molecule has 3 heterocycles. The summed E-state index contributed by atoms with van der Waals surface area (Å²) in [6, 6.07) is 0.0106. The number of nitrogens with one attached hydrogen (secondary N) is 1. The zero-order chi connectivity index (χ0) is 20.3. The standard InChI is InChI=1S/C18H27N5O4S/c1-4-27-18(26)22-7-5-13(6-8-22)19-15(25)12-9-14(24)23(10-12)17-21-20-16(28-17)11(2)3/h11-13H,4-10H2,1-3H3,(H,19,25). The van der Waals surface area contributed by atoms with E-state index in [1.807, 2.05) is 13.8 Å². The van der Waals surface area contributed by atoms with E-state index in [-0.39, 0.29) is 42.2 Å². The van der Waals surface area contributed by atoms with E-state index in [2.05, 4.69) is 15.5 Å². The molecule has 0 radical (unpaired) electrons. The first-order valence-corrected chi connectivity index (χ1v) is 10.6. The Morgan fingerprint density at radius 1 is 1.29 bits per heavy atom. The molecule has 10 heteroatoms. The summed E-state index contributed by atoms with van der Waals surface area (Å²) in [6.45, 7) is 7.64. The monoisotopic (exact) mass is 409 g/mol. The molecule has 0 spiro atoms. The van der Waals surface area contributed by atoms with Crippen LogP contribution in [0.25, 0.3) is 0 Å². The van der Waals surface area contributed by atoms with Gasteiger partial charge in [-0.2, -0.15) is 0 Å². The molecule has 2 saturated heterocycles. The number of rotatable bonds is 5. The minimum Gasteiger partial charge on any atom is -0.450 e. The maximum Gasteiger partial charge on any atom is 0.409 e. The van der Waals surface area contributed by atoms with E-state index in [0.717, 1.165) is 5.01 Å². The zero-order valence-corrected chi connectivity index (χ0v) is 17.3. The summed E-state index contributed by atoms with van der Waals surface area (Å²) in [5, 5.41) is 12.7. The molecule has 3 amide bonds. The normalized spacial score (nSPS) is 20.7. The third-order valence-corrected chi connectivity index (χ3v) is 6.26. The fraction of sp³-hybridized carbons (Fsp3) is 0.722. The van der Waals surface area contributed by atoms with Crippen LogP contribution in [-0.2, 0) is 14.3 Å². The minimum absolute atomic E-state index is 0.0106. The van der Waals surface area contributed by atoms with Crippen molar-refractivity contribution in [3.05, 3.63) is 5.01 Å². The van der Waals surface area contributed by atoms with Gasteiger partial charge in [-0.15, -0.1) is 10.2 Å². The summed E-state index contributed by atoms with van der Waals surface area (Å²) in [7, 11) is 0. The first-order chi connectivity index (χ1) is 13.4. The van der Waals surface area contributed by atoms with Crippen molar-refractivity contribution >= 4 is 34.4 Å². The van der Waals surface area contributed by atoms with E-state index >= 15 is 0 Å². The fourth-order valence-corrected chi connectivity index (χ4v) is 4.25. The van der Waals surface area contributed by atoms with Crippen molar-refractivity contribution in [2.45, 2.75) is 52.0 Å². The van der Waals surface area contributed by atoms with Gasteiger partial charge >= 0.3 is 6.09 Å². The van der Waals surface area contributed by atoms with Gasteiger partial charge in [0.15, 0.2) is 0 Å². The Labute approximate surface area is 168 Å². The fourth-order valence-electron chi connectivity index (χ4n) is 3.38. The van der Waals surface area contributed by atoms with E-state index < -0.39 is 0 Å². The highest BCUT2D eigenvalue weighted by atomic mass is 32.1. The number of anilines is 1. The number of nitrogens with zero attached hydrogens (tertiary/aromatic N) is 4. The Balaban J connectivity index is 1.50. The summed E-state index contributed by atoms with van der Waals surface area (Å²) in [6.07, 6.45) is 1.25. The number of carbonyl (C=O) groups excluding carboxylic acids is 3. The lowest BCUT2D eigenvalue weighted by molar-refractivity contribution is -0.127. The van der Waals surface area contributed by atoms with E-state index in [9.17, 15) is 14.4 Å². The van der Waals surface area contributed by atoms with Crippen molar-refractivity contribution in [3.8, 4) is 0 Å². The molecule has 9 nitrogen and oxygen atoms in total.